The zero-order valence-electron chi connectivity index (χ0n) is 11.1. The van der Waals surface area contributed by atoms with Gasteiger partial charge in [-0.15, -0.1) is 0 Å². The molecule has 8 heteroatoms. The number of ether oxygens (including phenoxy) is 2. The molecule has 7 nitrogen and oxygen atoms in total. The zero-order valence-corrected chi connectivity index (χ0v) is 11.9. The van der Waals surface area contributed by atoms with Crippen LogP contribution in [0, 0.1) is 0 Å². The highest BCUT2D eigenvalue weighted by Gasteiger charge is 2.20. The lowest BCUT2D eigenvalue weighted by Gasteiger charge is -2.10. The van der Waals surface area contributed by atoms with Crippen molar-refractivity contribution in [3.8, 4) is 0 Å². The van der Waals surface area contributed by atoms with Gasteiger partial charge >= 0.3 is 5.97 Å². The molecule has 0 aliphatic rings. The first-order valence-electron chi connectivity index (χ1n) is 5.68. The number of primary sulfonamides is 1. The number of sulfonamides is 1. The van der Waals surface area contributed by atoms with Crippen molar-refractivity contribution in [2.75, 3.05) is 13.7 Å². The fourth-order valence-corrected chi connectivity index (χ4v) is 2.01. The van der Waals surface area contributed by atoms with Crippen molar-refractivity contribution in [1.82, 2.24) is 4.57 Å². The number of hydrogen-bond donors (Lipinski definition) is 1. The van der Waals surface area contributed by atoms with E-state index in [1.165, 1.54) is 23.9 Å². The average Bonchev–Trinajstić information content (AvgIpc) is 2.68. The van der Waals surface area contributed by atoms with Gasteiger partial charge in [-0.3, -0.25) is 0 Å². The molecule has 0 fully saturated rings. The quantitative estimate of drug-likeness (QED) is 0.762. The lowest BCUT2D eigenvalue weighted by atomic mass is 10.4. The van der Waals surface area contributed by atoms with Crippen LogP contribution in [0.4, 0.5) is 0 Å². The molecule has 0 aliphatic heterocycles. The van der Waals surface area contributed by atoms with E-state index >= 15 is 0 Å². The van der Waals surface area contributed by atoms with Crippen LogP contribution in [0.1, 0.15) is 24.3 Å². The minimum atomic E-state index is -3.86. The molecule has 1 aromatic rings. The third-order valence-electron chi connectivity index (χ3n) is 2.29. The number of aromatic nitrogens is 1. The minimum absolute atomic E-state index is 0.126. The summed E-state index contributed by atoms with van der Waals surface area (Å²) in [6, 6.07) is 1.20. The van der Waals surface area contributed by atoms with E-state index in [9.17, 15) is 13.2 Å². The van der Waals surface area contributed by atoms with Gasteiger partial charge in [0.2, 0.25) is 10.0 Å². The highest BCUT2D eigenvalue weighted by molar-refractivity contribution is 7.89. The Morgan fingerprint density at radius 2 is 2.11 bits per heavy atom. The Hall–Kier alpha value is -1.38. The maximum Gasteiger partial charge on any atom is 0.355 e. The van der Waals surface area contributed by atoms with Crippen LogP contribution in [0.25, 0.3) is 0 Å². The summed E-state index contributed by atoms with van der Waals surface area (Å²) in [7, 11) is -2.35. The van der Waals surface area contributed by atoms with E-state index in [0.717, 1.165) is 0 Å². The summed E-state index contributed by atoms with van der Waals surface area (Å²) in [6.45, 7) is 4.08. The second-order valence-corrected chi connectivity index (χ2v) is 5.81. The smallest absolute Gasteiger partial charge is 0.355 e. The zero-order chi connectivity index (χ0) is 14.6. The summed E-state index contributed by atoms with van der Waals surface area (Å²) in [5.74, 6) is -0.596. The Labute approximate surface area is 112 Å². The van der Waals surface area contributed by atoms with E-state index in [1.807, 2.05) is 0 Å². The molecule has 0 atom stereocenters. The van der Waals surface area contributed by atoms with Gasteiger partial charge < -0.3 is 14.0 Å². The normalized spacial score (nSPS) is 11.8. The van der Waals surface area contributed by atoms with Crippen LogP contribution in [0.2, 0.25) is 0 Å². The second-order valence-electron chi connectivity index (χ2n) is 4.25. The summed E-state index contributed by atoms with van der Waals surface area (Å²) in [5.41, 5.74) is 0.134. The molecule has 0 aromatic carbocycles. The number of nitrogens with two attached hydrogens (primary N) is 1. The van der Waals surface area contributed by atoms with E-state index < -0.39 is 16.0 Å². The first-order chi connectivity index (χ1) is 8.75. The molecule has 0 radical (unpaired) electrons. The molecule has 0 saturated heterocycles. The van der Waals surface area contributed by atoms with Crippen LogP contribution in [0.3, 0.4) is 0 Å². The Morgan fingerprint density at radius 3 is 2.58 bits per heavy atom. The predicted molar refractivity (Wildman–Crippen MR) is 68.2 cm³/mol. The molecule has 1 aromatic heterocycles. The molecule has 0 unspecified atom stereocenters. The summed E-state index contributed by atoms with van der Waals surface area (Å²) in [5, 5.41) is 5.04. The molecule has 0 amide bonds. The van der Waals surface area contributed by atoms with Crippen LogP contribution >= 0.6 is 0 Å². The van der Waals surface area contributed by atoms with Crippen molar-refractivity contribution in [2.24, 2.45) is 5.14 Å². The molecular formula is C11H18N2O5S. The number of hydrogen-bond acceptors (Lipinski definition) is 5. The fourth-order valence-electron chi connectivity index (χ4n) is 1.46. The maximum absolute atomic E-state index is 11.9. The van der Waals surface area contributed by atoms with Crippen molar-refractivity contribution in [3.63, 3.8) is 0 Å². The second kappa shape index (κ2) is 6.18. The highest BCUT2D eigenvalue weighted by atomic mass is 32.2. The van der Waals surface area contributed by atoms with Crippen molar-refractivity contribution in [2.45, 2.75) is 31.4 Å². The number of rotatable bonds is 6. The van der Waals surface area contributed by atoms with Crippen LogP contribution in [-0.2, 0) is 26.0 Å². The first-order valence-corrected chi connectivity index (χ1v) is 7.23. The fraction of sp³-hybridized carbons (Fsp3) is 0.545. The Balaban J connectivity index is 3.12. The SMILES string of the molecule is COCCn1cc(S(N)(=O)=O)cc1C(=O)OC(C)C. The lowest BCUT2D eigenvalue weighted by Crippen LogP contribution is -2.17. The van der Waals surface area contributed by atoms with Gasteiger partial charge in [0.05, 0.1) is 12.7 Å². The van der Waals surface area contributed by atoms with E-state index in [4.69, 9.17) is 14.6 Å². The van der Waals surface area contributed by atoms with E-state index in [0.29, 0.717) is 13.2 Å². The monoisotopic (exact) mass is 290 g/mol. The average molecular weight is 290 g/mol. The number of carbonyl (C=O) groups excluding carboxylic acids is 1. The van der Waals surface area contributed by atoms with E-state index in [2.05, 4.69) is 0 Å². The van der Waals surface area contributed by atoms with Gasteiger partial charge in [0, 0.05) is 19.9 Å². The van der Waals surface area contributed by atoms with Crippen molar-refractivity contribution >= 4 is 16.0 Å². The summed E-state index contributed by atoms with van der Waals surface area (Å²) in [4.78, 5) is 11.7. The number of nitrogens with zero attached hydrogens (tertiary/aromatic N) is 1. The standard InChI is InChI=1S/C11H18N2O5S/c1-8(2)18-11(14)10-6-9(19(12,15)16)7-13(10)4-5-17-3/h6-8H,4-5H2,1-3H3,(H2,12,15,16). The van der Waals surface area contributed by atoms with Crippen LogP contribution in [0.15, 0.2) is 17.2 Å². The predicted octanol–water partition coefficient (Wildman–Crippen LogP) is 0.347. The molecule has 2 N–H and O–H groups in total. The first kappa shape index (κ1) is 15.7. The van der Waals surface area contributed by atoms with Crippen molar-refractivity contribution < 1.29 is 22.7 Å². The maximum atomic E-state index is 11.9. The third kappa shape index (κ3) is 4.34. The van der Waals surface area contributed by atoms with E-state index in [1.54, 1.807) is 13.8 Å². The van der Waals surface area contributed by atoms with Gasteiger partial charge in [-0.25, -0.2) is 18.4 Å². The molecule has 1 heterocycles. The molecule has 0 aliphatic carbocycles. The van der Waals surface area contributed by atoms with Crippen LogP contribution in [-0.4, -0.2) is 38.8 Å². The Kier molecular flexibility index (Phi) is 5.10. The molecule has 0 bridgehead atoms. The van der Waals surface area contributed by atoms with Gasteiger partial charge in [0.1, 0.15) is 10.6 Å². The molecule has 19 heavy (non-hydrogen) atoms. The van der Waals surface area contributed by atoms with Gasteiger partial charge in [0.25, 0.3) is 0 Å². The Morgan fingerprint density at radius 1 is 1.47 bits per heavy atom. The topological polar surface area (TPSA) is 101 Å². The number of esters is 1. The van der Waals surface area contributed by atoms with Gasteiger partial charge in [-0.2, -0.15) is 0 Å². The molecule has 108 valence electrons. The largest absolute Gasteiger partial charge is 0.458 e. The van der Waals surface area contributed by atoms with Crippen LogP contribution in [0.5, 0.6) is 0 Å². The third-order valence-corrected chi connectivity index (χ3v) is 3.17. The summed E-state index contributed by atoms with van der Waals surface area (Å²) < 4.78 is 34.0. The van der Waals surface area contributed by atoms with Crippen LogP contribution < -0.4 is 5.14 Å². The minimum Gasteiger partial charge on any atom is -0.458 e. The van der Waals surface area contributed by atoms with Gasteiger partial charge in [-0.1, -0.05) is 0 Å². The molecule has 1 rings (SSSR count). The van der Waals surface area contributed by atoms with E-state index in [-0.39, 0.29) is 16.7 Å². The lowest BCUT2D eigenvalue weighted by molar-refractivity contribution is 0.0363. The Bertz CT molecular complexity index is 547. The van der Waals surface area contributed by atoms with Gasteiger partial charge in [-0.05, 0) is 19.9 Å². The number of carbonyl (C=O) groups is 1. The van der Waals surface area contributed by atoms with Gasteiger partial charge in [0.15, 0.2) is 0 Å². The summed E-state index contributed by atoms with van der Waals surface area (Å²) in [6.07, 6.45) is 1.00. The van der Waals surface area contributed by atoms with Crippen molar-refractivity contribution in [3.05, 3.63) is 18.0 Å². The highest BCUT2D eigenvalue weighted by Crippen LogP contribution is 2.15. The summed E-state index contributed by atoms with van der Waals surface area (Å²) >= 11 is 0. The molecule has 0 spiro atoms. The number of methoxy groups -OCH3 is 1. The molecule has 0 saturated carbocycles. The molecular weight excluding hydrogens is 272 g/mol. The van der Waals surface area contributed by atoms with Crippen molar-refractivity contribution in [1.29, 1.82) is 0 Å².